The fourth-order valence-corrected chi connectivity index (χ4v) is 3.09. The van der Waals surface area contributed by atoms with Crippen molar-refractivity contribution in [3.63, 3.8) is 0 Å². The van der Waals surface area contributed by atoms with Gasteiger partial charge in [0.25, 0.3) is 0 Å². The van der Waals surface area contributed by atoms with E-state index in [1.807, 2.05) is 6.26 Å². The zero-order chi connectivity index (χ0) is 14.0. The van der Waals surface area contributed by atoms with E-state index >= 15 is 0 Å². The van der Waals surface area contributed by atoms with Gasteiger partial charge in [-0.05, 0) is 32.3 Å². The molecule has 0 aliphatic carbocycles. The topological polar surface area (TPSA) is 90.7 Å². The molecule has 0 aliphatic heterocycles. The van der Waals surface area contributed by atoms with Crippen molar-refractivity contribution < 1.29 is 18.4 Å². The molecule has 0 saturated carbocycles. The van der Waals surface area contributed by atoms with Crippen LogP contribution in [0.4, 0.5) is 0 Å². The molecule has 0 aromatic heterocycles. The molecule has 0 aromatic carbocycles. The van der Waals surface area contributed by atoms with Gasteiger partial charge in [0, 0.05) is 0 Å². The molecule has 0 unspecified atom stereocenters. The summed E-state index contributed by atoms with van der Waals surface area (Å²) in [5, 5.41) is 2.52. The van der Waals surface area contributed by atoms with E-state index in [2.05, 4.69) is 5.32 Å². The van der Waals surface area contributed by atoms with Crippen LogP contribution in [0.3, 0.4) is 0 Å². The number of nitrogens with two attached hydrogens (primary N) is 1. The van der Waals surface area contributed by atoms with Crippen LogP contribution in [0.25, 0.3) is 0 Å². The smallest absolute Gasteiger partial charge is 0.343 e. The van der Waals surface area contributed by atoms with Crippen molar-refractivity contribution in [1.82, 2.24) is 5.32 Å². The van der Waals surface area contributed by atoms with Crippen LogP contribution < -0.4 is 11.1 Å². The number of nitrogens with one attached hydrogen (secondary N) is 1. The van der Waals surface area contributed by atoms with Gasteiger partial charge in [-0.15, -0.1) is 0 Å². The Balaban J connectivity index is 4.18. The molecule has 0 aromatic rings. The van der Waals surface area contributed by atoms with Crippen LogP contribution in [-0.2, 0) is 18.4 Å². The van der Waals surface area contributed by atoms with Crippen LogP contribution in [0.15, 0.2) is 0 Å². The average molecular weight is 298 g/mol. The lowest BCUT2D eigenvalue weighted by molar-refractivity contribution is -0.122. The van der Waals surface area contributed by atoms with E-state index in [9.17, 15) is 9.36 Å². The Kier molecular flexibility index (Phi) is 9.77. The highest BCUT2D eigenvalue weighted by molar-refractivity contribution is 7.98. The number of carbonyl (C=O) groups is 1. The largest absolute Gasteiger partial charge is 0.349 e. The Morgan fingerprint density at radius 3 is 2.39 bits per heavy atom. The van der Waals surface area contributed by atoms with Crippen molar-refractivity contribution >= 4 is 25.3 Å². The molecule has 8 heteroatoms. The minimum atomic E-state index is -3.23. The van der Waals surface area contributed by atoms with E-state index in [0.717, 1.165) is 5.75 Å². The van der Waals surface area contributed by atoms with Gasteiger partial charge in [-0.2, -0.15) is 11.8 Å². The van der Waals surface area contributed by atoms with Crippen molar-refractivity contribution in [2.24, 2.45) is 5.73 Å². The molecular formula is C10H23N2O4PS. The van der Waals surface area contributed by atoms with Crippen LogP contribution in [0.5, 0.6) is 0 Å². The third-order valence-electron chi connectivity index (χ3n) is 2.07. The Hall–Kier alpha value is -0.0700. The van der Waals surface area contributed by atoms with Crippen LogP contribution in [0.2, 0.25) is 0 Å². The van der Waals surface area contributed by atoms with Crippen molar-refractivity contribution in [3.8, 4) is 0 Å². The van der Waals surface area contributed by atoms with Crippen LogP contribution in [-0.4, -0.2) is 43.5 Å². The first-order valence-corrected chi connectivity index (χ1v) is 9.01. The van der Waals surface area contributed by atoms with Crippen LogP contribution in [0, 0.1) is 0 Å². The lowest BCUT2D eigenvalue weighted by atomic mass is 10.2. The summed E-state index contributed by atoms with van der Waals surface area (Å²) >= 11 is 1.62. The Labute approximate surface area is 113 Å². The maximum atomic E-state index is 12.1. The van der Waals surface area contributed by atoms with Crippen molar-refractivity contribution in [2.75, 3.05) is 31.5 Å². The monoisotopic (exact) mass is 298 g/mol. The summed E-state index contributed by atoms with van der Waals surface area (Å²) in [6.07, 6.45) is 2.39. The number of rotatable bonds is 10. The Bertz CT molecular complexity index is 281. The highest BCUT2D eigenvalue weighted by atomic mass is 32.2. The maximum absolute atomic E-state index is 12.1. The lowest BCUT2D eigenvalue weighted by Gasteiger charge is -2.18. The summed E-state index contributed by atoms with van der Waals surface area (Å²) in [6, 6.07) is -0.589. The molecule has 0 bridgehead atoms. The van der Waals surface area contributed by atoms with Gasteiger partial charge in [-0.3, -0.25) is 9.36 Å². The molecule has 0 saturated heterocycles. The molecule has 0 heterocycles. The van der Waals surface area contributed by atoms with E-state index in [-0.39, 0.29) is 25.4 Å². The van der Waals surface area contributed by atoms with Crippen LogP contribution >= 0.6 is 19.4 Å². The summed E-state index contributed by atoms with van der Waals surface area (Å²) in [6.45, 7) is 3.98. The molecule has 0 aliphatic rings. The fourth-order valence-electron chi connectivity index (χ4n) is 1.20. The standard InChI is InChI=1S/C10H23N2O4PS/c1-4-15-17(14,16-5-2)8-12-10(13)9(11)6-7-18-3/h9H,4-8,11H2,1-3H3,(H,12,13)/t9-/m0/s1. The zero-order valence-corrected chi connectivity index (χ0v) is 12.9. The molecule has 1 atom stereocenters. The summed E-state index contributed by atoms with van der Waals surface area (Å²) in [7, 11) is -3.23. The maximum Gasteiger partial charge on any atom is 0.349 e. The normalized spacial score (nSPS) is 13.3. The van der Waals surface area contributed by atoms with Crippen LogP contribution in [0.1, 0.15) is 20.3 Å². The molecule has 18 heavy (non-hydrogen) atoms. The quantitative estimate of drug-likeness (QED) is 0.593. The van der Waals surface area contributed by atoms with E-state index in [1.54, 1.807) is 25.6 Å². The molecular weight excluding hydrogens is 275 g/mol. The molecule has 0 fully saturated rings. The predicted molar refractivity (Wildman–Crippen MR) is 74.8 cm³/mol. The third-order valence-corrected chi connectivity index (χ3v) is 4.56. The molecule has 6 nitrogen and oxygen atoms in total. The molecule has 108 valence electrons. The molecule has 0 rings (SSSR count). The van der Waals surface area contributed by atoms with Gasteiger partial charge >= 0.3 is 7.60 Å². The summed E-state index contributed by atoms with van der Waals surface area (Å²) < 4.78 is 22.2. The van der Waals surface area contributed by atoms with Gasteiger partial charge in [-0.1, -0.05) is 0 Å². The third kappa shape index (κ3) is 7.38. The van der Waals surface area contributed by atoms with Crippen molar-refractivity contribution in [3.05, 3.63) is 0 Å². The first-order chi connectivity index (χ1) is 8.49. The fraction of sp³-hybridized carbons (Fsp3) is 0.900. The zero-order valence-electron chi connectivity index (χ0n) is 11.2. The highest BCUT2D eigenvalue weighted by Crippen LogP contribution is 2.46. The van der Waals surface area contributed by atoms with Gasteiger partial charge in [0.15, 0.2) is 0 Å². The Morgan fingerprint density at radius 2 is 1.94 bits per heavy atom. The van der Waals surface area contributed by atoms with Gasteiger partial charge < -0.3 is 20.1 Å². The van der Waals surface area contributed by atoms with Crippen molar-refractivity contribution in [2.45, 2.75) is 26.3 Å². The highest BCUT2D eigenvalue weighted by Gasteiger charge is 2.25. The summed E-state index contributed by atoms with van der Waals surface area (Å²) in [5.41, 5.74) is 5.68. The number of amides is 1. The predicted octanol–water partition coefficient (Wildman–Crippen LogP) is 1.41. The van der Waals surface area contributed by atoms with Gasteiger partial charge in [0.2, 0.25) is 5.91 Å². The number of hydrogen-bond acceptors (Lipinski definition) is 6. The van der Waals surface area contributed by atoms with Gasteiger partial charge in [0.05, 0.1) is 19.3 Å². The molecule has 1 amide bonds. The minimum Gasteiger partial charge on any atom is -0.343 e. The average Bonchev–Trinajstić information content (AvgIpc) is 2.33. The van der Waals surface area contributed by atoms with E-state index in [1.165, 1.54) is 0 Å². The number of thioether (sulfide) groups is 1. The SMILES string of the molecule is CCOP(=O)(CNC(=O)[C@@H](N)CCSC)OCC. The second-order valence-corrected chi connectivity index (χ2v) is 6.57. The first kappa shape index (κ1) is 17.9. The first-order valence-electron chi connectivity index (χ1n) is 5.89. The molecule has 0 spiro atoms. The molecule has 3 N–H and O–H groups in total. The van der Waals surface area contributed by atoms with Gasteiger partial charge in [0.1, 0.15) is 6.29 Å². The van der Waals surface area contributed by atoms with E-state index in [4.69, 9.17) is 14.8 Å². The lowest BCUT2D eigenvalue weighted by Crippen LogP contribution is -2.41. The summed E-state index contributed by atoms with van der Waals surface area (Å²) in [5.74, 6) is 0.479. The molecule has 0 radical (unpaired) electrons. The van der Waals surface area contributed by atoms with E-state index in [0.29, 0.717) is 6.42 Å². The minimum absolute atomic E-state index is 0.138. The Morgan fingerprint density at radius 1 is 1.39 bits per heavy atom. The second kappa shape index (κ2) is 9.81. The second-order valence-electron chi connectivity index (χ2n) is 3.53. The van der Waals surface area contributed by atoms with Crippen molar-refractivity contribution in [1.29, 1.82) is 0 Å². The van der Waals surface area contributed by atoms with Gasteiger partial charge in [-0.25, -0.2) is 0 Å². The summed E-state index contributed by atoms with van der Waals surface area (Å²) in [4.78, 5) is 11.6. The number of hydrogen-bond donors (Lipinski definition) is 2. The van der Waals surface area contributed by atoms with E-state index < -0.39 is 13.6 Å². The number of carbonyl (C=O) groups excluding carboxylic acids is 1.